The van der Waals surface area contributed by atoms with Crippen LogP contribution in [0, 0.1) is 0 Å². The molecular formula is C17H30N4S. The van der Waals surface area contributed by atoms with Gasteiger partial charge in [0.1, 0.15) is 0 Å². The fourth-order valence-corrected chi connectivity index (χ4v) is 2.03. The number of nitrogens with zero attached hydrogens (tertiary/aromatic N) is 2. The summed E-state index contributed by atoms with van der Waals surface area (Å²) in [6.45, 7) is 8.98. The molecular weight excluding hydrogens is 292 g/mol. The van der Waals surface area contributed by atoms with Gasteiger partial charge in [0, 0.05) is 37.6 Å². The van der Waals surface area contributed by atoms with Crippen molar-refractivity contribution < 1.29 is 0 Å². The second-order valence-electron chi connectivity index (χ2n) is 6.08. The monoisotopic (exact) mass is 322 g/mol. The molecule has 0 unspecified atom stereocenters. The molecule has 0 aliphatic carbocycles. The van der Waals surface area contributed by atoms with Gasteiger partial charge in [0.05, 0.1) is 6.54 Å². The van der Waals surface area contributed by atoms with Crippen molar-refractivity contribution in [2.24, 2.45) is 4.99 Å². The molecule has 0 aliphatic heterocycles. The summed E-state index contributed by atoms with van der Waals surface area (Å²) < 4.78 is 0.195. The number of guanidine groups is 1. The summed E-state index contributed by atoms with van der Waals surface area (Å²) in [5.41, 5.74) is 2.42. The minimum Gasteiger partial charge on any atom is -0.378 e. The average molecular weight is 323 g/mol. The van der Waals surface area contributed by atoms with Crippen molar-refractivity contribution in [2.75, 3.05) is 38.3 Å². The molecule has 0 atom stereocenters. The Hall–Kier alpha value is -1.36. The highest BCUT2D eigenvalue weighted by molar-refractivity contribution is 7.99. The van der Waals surface area contributed by atoms with Crippen LogP contribution in [0.15, 0.2) is 29.3 Å². The number of nitrogens with one attached hydrogen (secondary N) is 2. The molecule has 1 aromatic rings. The van der Waals surface area contributed by atoms with Crippen LogP contribution in [-0.4, -0.2) is 44.1 Å². The molecule has 124 valence electrons. The predicted molar refractivity (Wildman–Crippen MR) is 101 cm³/mol. The van der Waals surface area contributed by atoms with Crippen LogP contribution >= 0.6 is 11.8 Å². The van der Waals surface area contributed by atoms with Crippen molar-refractivity contribution in [3.8, 4) is 0 Å². The summed E-state index contributed by atoms with van der Waals surface area (Å²) in [5, 5.41) is 6.73. The van der Waals surface area contributed by atoms with Gasteiger partial charge in [-0.05, 0) is 44.7 Å². The lowest BCUT2D eigenvalue weighted by molar-refractivity contribution is 0.665. The SMILES string of the molecule is CCNC(=NCc1cccc(N(C)C)c1)NCC(C)(C)SC. The van der Waals surface area contributed by atoms with Gasteiger partial charge in [-0.2, -0.15) is 11.8 Å². The van der Waals surface area contributed by atoms with E-state index < -0.39 is 0 Å². The van der Waals surface area contributed by atoms with Gasteiger partial charge < -0.3 is 15.5 Å². The van der Waals surface area contributed by atoms with E-state index in [2.05, 4.69) is 85.9 Å². The van der Waals surface area contributed by atoms with Crippen molar-refractivity contribution in [2.45, 2.75) is 32.1 Å². The summed E-state index contributed by atoms with van der Waals surface area (Å²) in [6.07, 6.45) is 2.14. The maximum atomic E-state index is 4.69. The topological polar surface area (TPSA) is 39.7 Å². The highest BCUT2D eigenvalue weighted by Crippen LogP contribution is 2.19. The first-order valence-corrected chi connectivity index (χ1v) is 8.94. The van der Waals surface area contributed by atoms with Gasteiger partial charge in [-0.25, -0.2) is 4.99 Å². The number of benzene rings is 1. The molecule has 0 spiro atoms. The Morgan fingerprint density at radius 2 is 2.00 bits per heavy atom. The van der Waals surface area contributed by atoms with Gasteiger partial charge >= 0.3 is 0 Å². The second kappa shape index (κ2) is 8.93. The van der Waals surface area contributed by atoms with Gasteiger partial charge in [0.2, 0.25) is 0 Å². The Kier molecular flexibility index (Phi) is 7.59. The van der Waals surface area contributed by atoms with Crippen LogP contribution in [0.1, 0.15) is 26.3 Å². The van der Waals surface area contributed by atoms with Crippen molar-refractivity contribution in [3.63, 3.8) is 0 Å². The first-order valence-electron chi connectivity index (χ1n) is 7.71. The standard InChI is InChI=1S/C17H30N4S/c1-7-18-16(20-13-17(2,3)22-6)19-12-14-9-8-10-15(11-14)21(4)5/h8-11H,7,12-13H2,1-6H3,(H2,18,19,20). The minimum atomic E-state index is 0.195. The zero-order valence-corrected chi connectivity index (χ0v) is 15.5. The minimum absolute atomic E-state index is 0.195. The molecule has 0 saturated heterocycles. The van der Waals surface area contributed by atoms with E-state index in [-0.39, 0.29) is 4.75 Å². The summed E-state index contributed by atoms with van der Waals surface area (Å²) >= 11 is 1.86. The lowest BCUT2D eigenvalue weighted by Gasteiger charge is -2.23. The molecule has 1 aromatic carbocycles. The first kappa shape index (κ1) is 18.7. The predicted octanol–water partition coefficient (Wildman–Crippen LogP) is 2.95. The number of anilines is 1. The second-order valence-corrected chi connectivity index (χ2v) is 7.59. The highest BCUT2D eigenvalue weighted by atomic mass is 32.2. The molecule has 0 aromatic heterocycles. The van der Waals surface area contributed by atoms with E-state index in [1.165, 1.54) is 11.3 Å². The molecule has 0 bridgehead atoms. The number of rotatable bonds is 7. The van der Waals surface area contributed by atoms with Crippen molar-refractivity contribution >= 4 is 23.4 Å². The third kappa shape index (κ3) is 6.60. The van der Waals surface area contributed by atoms with Crippen molar-refractivity contribution in [3.05, 3.63) is 29.8 Å². The Labute approximate surface area is 139 Å². The fourth-order valence-electron chi connectivity index (χ4n) is 1.81. The van der Waals surface area contributed by atoms with E-state index in [0.717, 1.165) is 19.0 Å². The normalized spacial score (nSPS) is 12.2. The Morgan fingerprint density at radius 3 is 2.59 bits per heavy atom. The van der Waals surface area contributed by atoms with Gasteiger partial charge in [0.15, 0.2) is 5.96 Å². The van der Waals surface area contributed by atoms with Gasteiger partial charge in [0.25, 0.3) is 0 Å². The summed E-state index contributed by atoms with van der Waals surface area (Å²) in [4.78, 5) is 6.80. The molecule has 4 nitrogen and oxygen atoms in total. The zero-order valence-electron chi connectivity index (χ0n) is 14.7. The van der Waals surface area contributed by atoms with E-state index in [1.807, 2.05) is 11.8 Å². The van der Waals surface area contributed by atoms with E-state index in [9.17, 15) is 0 Å². The summed E-state index contributed by atoms with van der Waals surface area (Å²) in [7, 11) is 4.11. The maximum Gasteiger partial charge on any atom is 0.191 e. The Balaban J connectivity index is 2.71. The summed E-state index contributed by atoms with van der Waals surface area (Å²) in [5.74, 6) is 0.875. The van der Waals surface area contributed by atoms with Crippen LogP contribution in [0.4, 0.5) is 5.69 Å². The zero-order chi connectivity index (χ0) is 16.6. The maximum absolute atomic E-state index is 4.69. The Bertz CT molecular complexity index is 483. The van der Waals surface area contributed by atoms with E-state index >= 15 is 0 Å². The van der Waals surface area contributed by atoms with Crippen molar-refractivity contribution in [1.82, 2.24) is 10.6 Å². The molecule has 1 rings (SSSR count). The summed E-state index contributed by atoms with van der Waals surface area (Å²) in [6, 6.07) is 8.49. The molecule has 0 heterocycles. The fraction of sp³-hybridized carbons (Fsp3) is 0.588. The quantitative estimate of drug-likeness (QED) is 0.598. The third-order valence-corrected chi connectivity index (χ3v) is 4.67. The lowest BCUT2D eigenvalue weighted by atomic mass is 10.2. The molecule has 0 saturated carbocycles. The molecule has 0 amide bonds. The van der Waals surface area contributed by atoms with E-state index in [0.29, 0.717) is 6.54 Å². The number of hydrogen-bond donors (Lipinski definition) is 2. The van der Waals surface area contributed by atoms with Crippen LogP contribution in [0.3, 0.4) is 0 Å². The highest BCUT2D eigenvalue weighted by Gasteiger charge is 2.16. The largest absolute Gasteiger partial charge is 0.378 e. The van der Waals surface area contributed by atoms with Crippen LogP contribution in [0.5, 0.6) is 0 Å². The molecule has 22 heavy (non-hydrogen) atoms. The molecule has 0 aliphatic rings. The Morgan fingerprint density at radius 1 is 1.27 bits per heavy atom. The van der Waals surface area contributed by atoms with E-state index in [4.69, 9.17) is 0 Å². The number of thioether (sulfide) groups is 1. The molecule has 0 fully saturated rings. The number of aliphatic imine (C=N–C) groups is 1. The van der Waals surface area contributed by atoms with Gasteiger partial charge in [-0.1, -0.05) is 12.1 Å². The number of hydrogen-bond acceptors (Lipinski definition) is 3. The van der Waals surface area contributed by atoms with Gasteiger partial charge in [-0.15, -0.1) is 0 Å². The van der Waals surface area contributed by atoms with Crippen LogP contribution < -0.4 is 15.5 Å². The van der Waals surface area contributed by atoms with Crippen LogP contribution in [0.2, 0.25) is 0 Å². The van der Waals surface area contributed by atoms with Gasteiger partial charge in [-0.3, -0.25) is 0 Å². The molecule has 2 N–H and O–H groups in total. The first-order chi connectivity index (χ1) is 10.4. The average Bonchev–Trinajstić information content (AvgIpc) is 2.50. The third-order valence-electron chi connectivity index (χ3n) is 3.43. The van der Waals surface area contributed by atoms with Crippen LogP contribution in [0.25, 0.3) is 0 Å². The van der Waals surface area contributed by atoms with Crippen molar-refractivity contribution in [1.29, 1.82) is 0 Å². The van der Waals surface area contributed by atoms with Crippen LogP contribution in [-0.2, 0) is 6.54 Å². The smallest absolute Gasteiger partial charge is 0.191 e. The lowest BCUT2D eigenvalue weighted by Crippen LogP contribution is -2.43. The molecule has 0 radical (unpaired) electrons. The molecule has 5 heteroatoms. The van der Waals surface area contributed by atoms with E-state index in [1.54, 1.807) is 0 Å².